The molecule has 3 aromatic carbocycles. The number of nitrogens with two attached hydrogens (primary N) is 1. The minimum absolute atomic E-state index is 0.0450. The van der Waals surface area contributed by atoms with Crippen LogP contribution in [0, 0.1) is 17.6 Å². The third-order valence-corrected chi connectivity index (χ3v) is 6.39. The molecule has 0 aliphatic carbocycles. The first-order valence-corrected chi connectivity index (χ1v) is 11.8. The van der Waals surface area contributed by atoms with Gasteiger partial charge >= 0.3 is 6.09 Å². The number of likely N-dealkylation sites (tertiary alicyclic amines) is 1. The molecule has 1 atom stereocenters. The summed E-state index contributed by atoms with van der Waals surface area (Å²) in [6.07, 6.45) is 1.31. The van der Waals surface area contributed by atoms with Crippen molar-refractivity contribution in [3.05, 3.63) is 114 Å². The molecule has 0 radical (unpaired) electrons. The number of benzene rings is 3. The number of carbonyl (C=O) groups excluding carboxylic acids is 1. The lowest BCUT2D eigenvalue weighted by Crippen LogP contribution is -2.54. The maximum absolute atomic E-state index is 14.5. The van der Waals surface area contributed by atoms with Gasteiger partial charge < -0.3 is 19.9 Å². The monoisotopic (exact) mass is 488 g/mol. The molecule has 1 unspecified atom stereocenters. The van der Waals surface area contributed by atoms with Crippen molar-refractivity contribution < 1.29 is 18.3 Å². The molecule has 5 rings (SSSR count). The summed E-state index contributed by atoms with van der Waals surface area (Å²) >= 11 is 0. The van der Waals surface area contributed by atoms with Crippen molar-refractivity contribution in [2.24, 2.45) is 11.7 Å². The maximum Gasteiger partial charge on any atom is 0.410 e. The van der Waals surface area contributed by atoms with Crippen LogP contribution in [-0.2, 0) is 17.9 Å². The number of carbonyl (C=O) groups is 1. The molecule has 2 N–H and O–H groups in total. The highest BCUT2D eigenvalue weighted by Crippen LogP contribution is 2.31. The van der Waals surface area contributed by atoms with Crippen molar-refractivity contribution in [2.45, 2.75) is 19.2 Å². The number of aromatic nitrogens is 2. The number of hydrogen-bond acceptors (Lipinski definition) is 4. The van der Waals surface area contributed by atoms with Gasteiger partial charge in [0.05, 0.1) is 11.7 Å². The van der Waals surface area contributed by atoms with E-state index < -0.39 is 23.8 Å². The van der Waals surface area contributed by atoms with E-state index in [9.17, 15) is 13.6 Å². The van der Waals surface area contributed by atoms with Crippen molar-refractivity contribution in [1.82, 2.24) is 14.5 Å². The second-order valence-corrected chi connectivity index (χ2v) is 8.95. The van der Waals surface area contributed by atoms with Gasteiger partial charge in [0.25, 0.3) is 0 Å². The number of amides is 1. The van der Waals surface area contributed by atoms with Crippen LogP contribution >= 0.6 is 0 Å². The Morgan fingerprint density at radius 3 is 2.36 bits per heavy atom. The van der Waals surface area contributed by atoms with Crippen molar-refractivity contribution in [3.63, 3.8) is 0 Å². The summed E-state index contributed by atoms with van der Waals surface area (Å²) in [6.45, 7) is 1.54. The second-order valence-electron chi connectivity index (χ2n) is 8.95. The largest absolute Gasteiger partial charge is 0.445 e. The fraction of sp³-hybridized carbons (Fsp3) is 0.214. The standard InChI is InChI=1S/C28H26F2N4O2/c29-22-11-12-24(30)23(13-22)25-17-33(14-19-7-3-1-4-8-19)27(32-25)26(31)21-15-34(16-21)28(35)36-18-20-9-5-2-6-10-20/h1-13,17,21,26H,14-16,18,31H2. The summed E-state index contributed by atoms with van der Waals surface area (Å²) in [5.41, 5.74) is 8.94. The van der Waals surface area contributed by atoms with Crippen LogP contribution in [0.1, 0.15) is 23.0 Å². The minimum atomic E-state index is -0.558. The summed E-state index contributed by atoms with van der Waals surface area (Å²) < 4.78 is 35.6. The van der Waals surface area contributed by atoms with Crippen LogP contribution in [0.15, 0.2) is 85.1 Å². The van der Waals surface area contributed by atoms with Crippen LogP contribution in [0.2, 0.25) is 0 Å². The lowest BCUT2D eigenvalue weighted by atomic mass is 9.92. The van der Waals surface area contributed by atoms with Gasteiger partial charge in [-0.1, -0.05) is 60.7 Å². The predicted octanol–water partition coefficient (Wildman–Crippen LogP) is 5.15. The Bertz CT molecular complexity index is 1340. The molecule has 1 aliphatic heterocycles. The molecule has 1 aliphatic rings. The number of nitrogens with zero attached hydrogens (tertiary/aromatic N) is 3. The molecular formula is C28H26F2N4O2. The summed E-state index contributed by atoms with van der Waals surface area (Å²) in [5.74, 6) is -0.591. The first kappa shape index (κ1) is 23.7. The summed E-state index contributed by atoms with van der Waals surface area (Å²) in [5, 5.41) is 0. The van der Waals surface area contributed by atoms with Gasteiger partial charge in [0.15, 0.2) is 0 Å². The molecule has 1 saturated heterocycles. The normalized spacial score (nSPS) is 14.4. The smallest absolute Gasteiger partial charge is 0.410 e. The van der Waals surface area contributed by atoms with E-state index in [1.165, 1.54) is 0 Å². The molecule has 0 saturated carbocycles. The van der Waals surface area contributed by atoms with Crippen molar-refractivity contribution in [3.8, 4) is 11.3 Å². The Labute approximate surface area is 207 Å². The number of halogens is 2. The molecule has 184 valence electrons. The van der Waals surface area contributed by atoms with Gasteiger partial charge in [-0.25, -0.2) is 18.6 Å². The van der Waals surface area contributed by atoms with Crippen molar-refractivity contribution >= 4 is 6.09 Å². The van der Waals surface area contributed by atoms with Gasteiger partial charge in [0, 0.05) is 37.3 Å². The SMILES string of the molecule is NC(c1nc(-c2cc(F)ccc2F)cn1Cc1ccccc1)C1CN(C(=O)OCc2ccccc2)C1. The highest BCUT2D eigenvalue weighted by atomic mass is 19.1. The van der Waals surface area contributed by atoms with E-state index in [4.69, 9.17) is 10.5 Å². The van der Waals surface area contributed by atoms with E-state index in [1.807, 2.05) is 65.2 Å². The first-order valence-electron chi connectivity index (χ1n) is 11.8. The number of rotatable bonds is 7. The van der Waals surface area contributed by atoms with Gasteiger partial charge in [-0.15, -0.1) is 0 Å². The summed E-state index contributed by atoms with van der Waals surface area (Å²) in [7, 11) is 0. The molecule has 4 aromatic rings. The molecule has 2 heterocycles. The van der Waals surface area contributed by atoms with E-state index in [0.29, 0.717) is 31.2 Å². The molecule has 0 bridgehead atoms. The highest BCUT2D eigenvalue weighted by Gasteiger charge is 2.38. The van der Waals surface area contributed by atoms with Crippen LogP contribution in [0.25, 0.3) is 11.3 Å². The summed E-state index contributed by atoms with van der Waals surface area (Å²) in [4.78, 5) is 18.7. The van der Waals surface area contributed by atoms with Crippen LogP contribution in [0.5, 0.6) is 0 Å². The first-order chi connectivity index (χ1) is 17.5. The second kappa shape index (κ2) is 10.3. The zero-order valence-corrected chi connectivity index (χ0v) is 19.6. The van der Waals surface area contributed by atoms with Crippen molar-refractivity contribution in [2.75, 3.05) is 13.1 Å². The average molecular weight is 489 g/mol. The van der Waals surface area contributed by atoms with E-state index in [2.05, 4.69) is 4.98 Å². The van der Waals surface area contributed by atoms with Gasteiger partial charge in [0.2, 0.25) is 0 Å². The van der Waals surface area contributed by atoms with Crippen molar-refractivity contribution in [1.29, 1.82) is 0 Å². The molecule has 8 heteroatoms. The van der Waals surface area contributed by atoms with Crippen LogP contribution in [0.4, 0.5) is 13.6 Å². The van der Waals surface area contributed by atoms with Crippen LogP contribution in [-0.4, -0.2) is 33.6 Å². The predicted molar refractivity (Wildman–Crippen MR) is 132 cm³/mol. The Morgan fingerprint density at radius 1 is 1.00 bits per heavy atom. The molecule has 1 aromatic heterocycles. The lowest BCUT2D eigenvalue weighted by molar-refractivity contribution is 0.0407. The van der Waals surface area contributed by atoms with E-state index in [0.717, 1.165) is 29.3 Å². The molecular weight excluding hydrogens is 462 g/mol. The van der Waals surface area contributed by atoms with Gasteiger partial charge in [0.1, 0.15) is 24.1 Å². The van der Waals surface area contributed by atoms with Crippen LogP contribution < -0.4 is 5.73 Å². The number of hydrogen-bond donors (Lipinski definition) is 1. The third-order valence-electron chi connectivity index (χ3n) is 6.39. The molecule has 1 amide bonds. The maximum atomic E-state index is 14.5. The van der Waals surface area contributed by atoms with E-state index in [-0.39, 0.29) is 18.1 Å². The Morgan fingerprint density at radius 2 is 1.67 bits per heavy atom. The summed E-state index contributed by atoms with van der Waals surface area (Å²) in [6, 6.07) is 22.0. The van der Waals surface area contributed by atoms with Gasteiger partial charge in [-0.05, 0) is 29.3 Å². The zero-order chi connectivity index (χ0) is 25.1. The number of imidazole rings is 1. The molecule has 0 spiro atoms. The Balaban J connectivity index is 1.32. The molecule has 36 heavy (non-hydrogen) atoms. The minimum Gasteiger partial charge on any atom is -0.445 e. The average Bonchev–Trinajstić information content (AvgIpc) is 3.28. The zero-order valence-electron chi connectivity index (χ0n) is 19.6. The molecule has 6 nitrogen and oxygen atoms in total. The number of ether oxygens (including phenoxy) is 1. The van der Waals surface area contributed by atoms with Gasteiger partial charge in [-0.2, -0.15) is 0 Å². The fourth-order valence-corrected chi connectivity index (χ4v) is 4.34. The highest BCUT2D eigenvalue weighted by molar-refractivity contribution is 5.68. The molecule has 1 fully saturated rings. The fourth-order valence-electron chi connectivity index (χ4n) is 4.34. The lowest BCUT2D eigenvalue weighted by Gasteiger charge is -2.41. The topological polar surface area (TPSA) is 73.4 Å². The third kappa shape index (κ3) is 5.13. The van der Waals surface area contributed by atoms with E-state index in [1.54, 1.807) is 11.1 Å². The van der Waals surface area contributed by atoms with E-state index >= 15 is 0 Å². The van der Waals surface area contributed by atoms with Crippen LogP contribution in [0.3, 0.4) is 0 Å². The van der Waals surface area contributed by atoms with Gasteiger partial charge in [-0.3, -0.25) is 0 Å². The Hall–Kier alpha value is -4.04. The quantitative estimate of drug-likeness (QED) is 0.391. The Kier molecular flexibility index (Phi) is 6.77.